The van der Waals surface area contributed by atoms with Gasteiger partial charge in [-0.3, -0.25) is 0 Å². The van der Waals surface area contributed by atoms with E-state index in [1.807, 2.05) is 55.5 Å². The predicted molar refractivity (Wildman–Crippen MR) is 137 cm³/mol. The van der Waals surface area contributed by atoms with Crippen LogP contribution in [0.1, 0.15) is 84.1 Å². The van der Waals surface area contributed by atoms with Gasteiger partial charge < -0.3 is 14.7 Å². The maximum absolute atomic E-state index is 11.2. The molecule has 0 bridgehead atoms. The fourth-order valence-corrected chi connectivity index (χ4v) is 4.03. The molecule has 0 amide bonds. The highest BCUT2D eigenvalue weighted by Gasteiger charge is 2.24. The topological polar surface area (TPSA) is 32.7 Å². The Morgan fingerprint density at radius 2 is 1.25 bits per heavy atom. The van der Waals surface area contributed by atoms with Gasteiger partial charge in [0.1, 0.15) is 11.5 Å². The highest BCUT2D eigenvalue weighted by Crippen LogP contribution is 2.29. The monoisotopic (exact) mass is 459 g/mol. The number of hydrogen-bond donors (Lipinski definition) is 1. The molecule has 0 aromatic heterocycles. The number of rotatable bonds is 16. The van der Waals surface area contributed by atoms with Crippen LogP contribution in [0, 0.1) is 0 Å². The molecule has 2 aromatic carbocycles. The number of aliphatic hydroxyl groups is 1. The van der Waals surface area contributed by atoms with Gasteiger partial charge in [0.15, 0.2) is 0 Å². The molecule has 0 saturated carbocycles. The zero-order valence-corrected chi connectivity index (χ0v) is 21.0. The lowest BCUT2D eigenvalue weighted by Gasteiger charge is -2.29. The average molecular weight is 460 g/mol. The lowest BCUT2D eigenvalue weighted by atomic mass is 9.92. The molecule has 2 aromatic rings. The summed E-state index contributed by atoms with van der Waals surface area (Å²) in [5.41, 5.74) is 0.0713. The molecule has 0 aliphatic rings. The second kappa shape index (κ2) is 14.6. The Bertz CT molecular complexity index is 731. The van der Waals surface area contributed by atoms with Crippen LogP contribution in [-0.2, 0) is 5.60 Å². The van der Waals surface area contributed by atoms with Crippen LogP contribution in [0.15, 0.2) is 48.5 Å². The van der Waals surface area contributed by atoms with Crippen LogP contribution in [0.2, 0.25) is 5.02 Å². The van der Waals surface area contributed by atoms with Crippen molar-refractivity contribution in [2.75, 3.05) is 19.6 Å². The number of unbranched alkanes of at least 4 members (excludes halogenated alkanes) is 6. The van der Waals surface area contributed by atoms with Crippen molar-refractivity contribution in [2.45, 2.75) is 84.2 Å². The number of nitrogens with zero attached hydrogens (tertiary/aromatic N) is 1. The van der Waals surface area contributed by atoms with Crippen LogP contribution in [0.25, 0.3) is 0 Å². The summed E-state index contributed by atoms with van der Waals surface area (Å²) < 4.78 is 5.88. The number of hydrogen-bond acceptors (Lipinski definition) is 3. The Morgan fingerprint density at radius 1 is 0.750 bits per heavy atom. The van der Waals surface area contributed by atoms with Gasteiger partial charge in [-0.1, -0.05) is 76.1 Å². The Kier molecular flexibility index (Phi) is 12.2. The zero-order valence-electron chi connectivity index (χ0n) is 20.3. The molecule has 1 atom stereocenters. The van der Waals surface area contributed by atoms with E-state index < -0.39 is 5.60 Å². The van der Waals surface area contributed by atoms with E-state index in [4.69, 9.17) is 16.3 Å². The SMILES string of the molecule is CCCCCCN(CCCCCC)CCC(C)(O)c1ccc(Oc2ccc(Cl)cc2)cc1. The third-order valence-electron chi connectivity index (χ3n) is 6.10. The molecule has 0 spiro atoms. The summed E-state index contributed by atoms with van der Waals surface area (Å²) in [6, 6.07) is 15.1. The molecule has 178 valence electrons. The Labute approximate surface area is 200 Å². The van der Waals surface area contributed by atoms with E-state index in [1.165, 1.54) is 51.4 Å². The van der Waals surface area contributed by atoms with Gasteiger partial charge in [0.25, 0.3) is 0 Å². The quantitative estimate of drug-likeness (QED) is 0.257. The van der Waals surface area contributed by atoms with Gasteiger partial charge >= 0.3 is 0 Å². The Balaban J connectivity index is 1.90. The molecule has 0 radical (unpaired) electrons. The summed E-state index contributed by atoms with van der Waals surface area (Å²) >= 11 is 5.93. The minimum absolute atomic E-state index is 0.688. The van der Waals surface area contributed by atoms with Crippen molar-refractivity contribution in [3.8, 4) is 11.5 Å². The molecule has 32 heavy (non-hydrogen) atoms. The highest BCUT2D eigenvalue weighted by molar-refractivity contribution is 6.30. The number of benzene rings is 2. The first kappa shape index (κ1) is 26.7. The second-order valence-electron chi connectivity index (χ2n) is 9.07. The summed E-state index contributed by atoms with van der Waals surface area (Å²) in [7, 11) is 0. The van der Waals surface area contributed by atoms with Crippen molar-refractivity contribution in [1.29, 1.82) is 0 Å². The molecule has 0 fully saturated rings. The second-order valence-corrected chi connectivity index (χ2v) is 9.50. The third kappa shape index (κ3) is 9.94. The molecule has 0 saturated heterocycles. The summed E-state index contributed by atoms with van der Waals surface area (Å²) in [5.74, 6) is 1.50. The van der Waals surface area contributed by atoms with Crippen molar-refractivity contribution in [3.05, 3.63) is 59.1 Å². The van der Waals surface area contributed by atoms with Crippen molar-refractivity contribution in [1.82, 2.24) is 4.90 Å². The minimum Gasteiger partial charge on any atom is -0.457 e. The molecule has 0 aliphatic heterocycles. The summed E-state index contributed by atoms with van der Waals surface area (Å²) in [6.45, 7) is 9.63. The van der Waals surface area contributed by atoms with Gasteiger partial charge in [0.05, 0.1) is 5.60 Å². The zero-order chi connectivity index (χ0) is 23.2. The molecule has 1 N–H and O–H groups in total. The Morgan fingerprint density at radius 3 is 1.75 bits per heavy atom. The average Bonchev–Trinajstić information content (AvgIpc) is 2.79. The maximum atomic E-state index is 11.2. The van der Waals surface area contributed by atoms with Crippen LogP contribution in [0.5, 0.6) is 11.5 Å². The third-order valence-corrected chi connectivity index (χ3v) is 6.35. The summed E-state index contributed by atoms with van der Waals surface area (Å²) in [6.07, 6.45) is 11.0. The Hall–Kier alpha value is -1.55. The van der Waals surface area contributed by atoms with Crippen LogP contribution in [0.3, 0.4) is 0 Å². The van der Waals surface area contributed by atoms with Gasteiger partial charge in [-0.25, -0.2) is 0 Å². The first-order chi connectivity index (χ1) is 15.4. The lowest BCUT2D eigenvalue weighted by Crippen LogP contribution is -2.33. The van der Waals surface area contributed by atoms with Crippen molar-refractivity contribution in [3.63, 3.8) is 0 Å². The van der Waals surface area contributed by atoms with Crippen molar-refractivity contribution in [2.24, 2.45) is 0 Å². The molecule has 4 heteroatoms. The van der Waals surface area contributed by atoms with E-state index >= 15 is 0 Å². The maximum Gasteiger partial charge on any atom is 0.127 e. The lowest BCUT2D eigenvalue weighted by molar-refractivity contribution is 0.0354. The van der Waals surface area contributed by atoms with E-state index in [1.54, 1.807) is 0 Å². The standard InChI is InChI=1S/C28H42ClNO2/c1-4-6-8-10-21-30(22-11-9-7-5-2)23-20-28(3,31)24-12-16-26(17-13-24)32-27-18-14-25(29)15-19-27/h12-19,31H,4-11,20-23H2,1-3H3. The molecule has 0 aliphatic carbocycles. The van der Waals surface area contributed by atoms with E-state index in [9.17, 15) is 5.11 Å². The van der Waals surface area contributed by atoms with E-state index in [2.05, 4.69) is 18.7 Å². The van der Waals surface area contributed by atoms with E-state index in [0.717, 1.165) is 43.1 Å². The molecule has 1 unspecified atom stereocenters. The first-order valence-electron chi connectivity index (χ1n) is 12.4. The fraction of sp³-hybridized carbons (Fsp3) is 0.571. The number of halogens is 1. The summed E-state index contributed by atoms with van der Waals surface area (Å²) in [4.78, 5) is 2.55. The van der Waals surface area contributed by atoms with Gasteiger partial charge in [-0.15, -0.1) is 0 Å². The molecular formula is C28H42ClNO2. The van der Waals surface area contributed by atoms with Crippen LogP contribution in [-0.4, -0.2) is 29.6 Å². The number of ether oxygens (including phenoxy) is 1. The smallest absolute Gasteiger partial charge is 0.127 e. The van der Waals surface area contributed by atoms with E-state index in [0.29, 0.717) is 5.02 Å². The normalized spacial score (nSPS) is 13.3. The fourth-order valence-electron chi connectivity index (χ4n) is 3.90. The molecule has 0 heterocycles. The van der Waals surface area contributed by atoms with E-state index in [-0.39, 0.29) is 0 Å². The molecule has 2 rings (SSSR count). The molecular weight excluding hydrogens is 418 g/mol. The molecule has 3 nitrogen and oxygen atoms in total. The van der Waals surface area contributed by atoms with Crippen molar-refractivity contribution < 1.29 is 9.84 Å². The van der Waals surface area contributed by atoms with Gasteiger partial charge in [0, 0.05) is 11.6 Å². The van der Waals surface area contributed by atoms with Gasteiger partial charge in [0.2, 0.25) is 0 Å². The van der Waals surface area contributed by atoms with Crippen LogP contribution >= 0.6 is 11.6 Å². The first-order valence-corrected chi connectivity index (χ1v) is 12.8. The largest absolute Gasteiger partial charge is 0.457 e. The highest BCUT2D eigenvalue weighted by atomic mass is 35.5. The van der Waals surface area contributed by atoms with Gasteiger partial charge in [-0.2, -0.15) is 0 Å². The minimum atomic E-state index is -0.857. The predicted octanol–water partition coefficient (Wildman–Crippen LogP) is 8.19. The van der Waals surface area contributed by atoms with Crippen LogP contribution < -0.4 is 4.74 Å². The van der Waals surface area contributed by atoms with Gasteiger partial charge in [-0.05, 0) is 81.2 Å². The summed E-state index contributed by atoms with van der Waals surface area (Å²) in [5, 5.41) is 11.9. The van der Waals surface area contributed by atoms with Crippen LogP contribution in [0.4, 0.5) is 0 Å². The van der Waals surface area contributed by atoms with Crippen molar-refractivity contribution >= 4 is 11.6 Å².